The van der Waals surface area contributed by atoms with Crippen molar-refractivity contribution in [3.63, 3.8) is 0 Å². The lowest BCUT2D eigenvalue weighted by Crippen LogP contribution is -2.26. The van der Waals surface area contributed by atoms with Crippen LogP contribution in [0.5, 0.6) is 0 Å². The molecule has 0 bridgehead atoms. The van der Waals surface area contributed by atoms with E-state index in [0.717, 1.165) is 10.6 Å². The van der Waals surface area contributed by atoms with E-state index in [4.69, 9.17) is 16.3 Å². The first-order valence-electron chi connectivity index (χ1n) is 4.88. The number of ether oxygens (including phenoxy) is 1. The van der Waals surface area contributed by atoms with Gasteiger partial charge in [0.25, 0.3) is 0 Å². The second kappa shape index (κ2) is 6.30. The molecule has 1 amide bonds. The third-order valence-corrected chi connectivity index (χ3v) is 2.27. The standard InChI is InChI=1S/C11H14ClNO2/c1-2-15-11(14)13-8-7-9-5-3-4-6-10(9)12/h3-6H,2,7-8H2,1H3,(H,13,14)/i8+0. The van der Waals surface area contributed by atoms with Gasteiger partial charge in [-0.05, 0) is 25.0 Å². The van der Waals surface area contributed by atoms with E-state index in [1.165, 1.54) is 0 Å². The number of amides is 1. The number of halogens is 1. The van der Waals surface area contributed by atoms with E-state index in [0.29, 0.717) is 19.6 Å². The van der Waals surface area contributed by atoms with E-state index < -0.39 is 0 Å². The molecule has 0 fully saturated rings. The molecule has 1 aromatic carbocycles. The van der Waals surface area contributed by atoms with Crippen LogP contribution in [-0.4, -0.2) is 19.2 Å². The number of hydrogen-bond donors (Lipinski definition) is 1. The van der Waals surface area contributed by atoms with Crippen LogP contribution in [0.25, 0.3) is 0 Å². The third-order valence-electron chi connectivity index (χ3n) is 1.90. The van der Waals surface area contributed by atoms with Crippen LogP contribution in [0.2, 0.25) is 5.02 Å². The topological polar surface area (TPSA) is 38.3 Å². The lowest BCUT2D eigenvalue weighted by atomic mass is 10.1. The summed E-state index contributed by atoms with van der Waals surface area (Å²) < 4.78 is 4.73. The third kappa shape index (κ3) is 4.21. The van der Waals surface area contributed by atoms with Gasteiger partial charge >= 0.3 is 6.09 Å². The van der Waals surface area contributed by atoms with Gasteiger partial charge in [-0.2, -0.15) is 0 Å². The Bertz CT molecular complexity index is 328. The second-order valence-electron chi connectivity index (χ2n) is 2.99. The molecule has 0 heterocycles. The maximum atomic E-state index is 11.0. The zero-order chi connectivity index (χ0) is 11.1. The molecule has 0 saturated heterocycles. The maximum Gasteiger partial charge on any atom is 0.407 e. The van der Waals surface area contributed by atoms with Gasteiger partial charge in [-0.1, -0.05) is 29.8 Å². The van der Waals surface area contributed by atoms with Crippen molar-refractivity contribution in [2.75, 3.05) is 13.2 Å². The van der Waals surface area contributed by atoms with Gasteiger partial charge in [0.05, 0.1) is 6.61 Å². The minimum absolute atomic E-state index is 0.385. The number of carbonyl (C=O) groups excluding carboxylic acids is 1. The molecule has 1 N–H and O–H groups in total. The van der Waals surface area contributed by atoms with Gasteiger partial charge in [0, 0.05) is 11.6 Å². The maximum absolute atomic E-state index is 11.0. The molecule has 4 heteroatoms. The van der Waals surface area contributed by atoms with E-state index in [9.17, 15) is 4.79 Å². The fraction of sp³-hybridized carbons (Fsp3) is 0.364. The molecule has 1 rings (SSSR count). The smallest absolute Gasteiger partial charge is 0.407 e. The molecule has 0 aliphatic rings. The van der Waals surface area contributed by atoms with Crippen molar-refractivity contribution in [1.82, 2.24) is 5.32 Å². The van der Waals surface area contributed by atoms with E-state index in [2.05, 4.69) is 5.32 Å². The van der Waals surface area contributed by atoms with Crippen LogP contribution in [0, 0.1) is 0 Å². The highest BCUT2D eigenvalue weighted by Crippen LogP contribution is 2.14. The Hall–Kier alpha value is -1.22. The van der Waals surface area contributed by atoms with Crippen molar-refractivity contribution in [2.45, 2.75) is 13.3 Å². The molecule has 0 aliphatic carbocycles. The van der Waals surface area contributed by atoms with E-state index in [1.807, 2.05) is 24.3 Å². The normalized spacial score (nSPS) is 9.73. The second-order valence-corrected chi connectivity index (χ2v) is 3.40. The summed E-state index contributed by atoms with van der Waals surface area (Å²) in [5.41, 5.74) is 1.02. The number of alkyl carbamates (subject to hydrolysis) is 1. The fourth-order valence-corrected chi connectivity index (χ4v) is 1.41. The fourth-order valence-electron chi connectivity index (χ4n) is 1.18. The predicted octanol–water partition coefficient (Wildman–Crippen LogP) is 2.63. The quantitative estimate of drug-likeness (QED) is 0.859. The summed E-state index contributed by atoms with van der Waals surface area (Å²) in [6.07, 6.45) is 0.322. The van der Waals surface area contributed by atoms with E-state index in [1.54, 1.807) is 6.92 Å². The Kier molecular flexibility index (Phi) is 4.98. The molecule has 82 valence electrons. The molecule has 1 aromatic rings. The molecular formula is C11H14ClNO2. The predicted molar refractivity (Wildman–Crippen MR) is 60.2 cm³/mol. The summed E-state index contributed by atoms with van der Waals surface area (Å²) in [5.74, 6) is 0. The van der Waals surface area contributed by atoms with E-state index >= 15 is 0 Å². The van der Waals surface area contributed by atoms with E-state index in [-0.39, 0.29) is 6.09 Å². The van der Waals surface area contributed by atoms with Gasteiger partial charge in [0.1, 0.15) is 0 Å². The molecule has 3 nitrogen and oxygen atoms in total. The SMILES string of the molecule is CCOC(=O)N[12CH2]Cc1ccccc1Cl. The van der Waals surface area contributed by atoms with Gasteiger partial charge in [-0.25, -0.2) is 4.79 Å². The molecule has 0 unspecified atom stereocenters. The van der Waals surface area contributed by atoms with Crippen LogP contribution < -0.4 is 5.32 Å². The van der Waals surface area contributed by atoms with Crippen molar-refractivity contribution < 1.29 is 9.53 Å². The average Bonchev–Trinajstić information content (AvgIpc) is 2.21. The zero-order valence-electron chi connectivity index (χ0n) is 8.63. The highest BCUT2D eigenvalue weighted by Gasteiger charge is 2.01. The molecule has 0 spiro atoms. The van der Waals surface area contributed by atoms with Crippen LogP contribution >= 0.6 is 11.6 Å². The Morgan fingerprint density at radius 2 is 2.20 bits per heavy atom. The van der Waals surface area contributed by atoms with Gasteiger partial charge in [-0.3, -0.25) is 0 Å². The lowest BCUT2D eigenvalue weighted by molar-refractivity contribution is 0.152. The Morgan fingerprint density at radius 1 is 1.47 bits per heavy atom. The van der Waals surface area contributed by atoms with Crippen molar-refractivity contribution in [3.8, 4) is 0 Å². The first kappa shape index (κ1) is 11.9. The molecule has 15 heavy (non-hydrogen) atoms. The van der Waals surface area contributed by atoms with Crippen molar-refractivity contribution in [2.24, 2.45) is 0 Å². The highest BCUT2D eigenvalue weighted by molar-refractivity contribution is 6.31. The molecule has 0 aromatic heterocycles. The van der Waals surface area contributed by atoms with Gasteiger partial charge in [0.2, 0.25) is 0 Å². The van der Waals surface area contributed by atoms with Crippen molar-refractivity contribution in [1.29, 1.82) is 0 Å². The summed E-state index contributed by atoms with van der Waals surface area (Å²) >= 11 is 5.96. The van der Waals surface area contributed by atoms with Crippen molar-refractivity contribution in [3.05, 3.63) is 34.9 Å². The Balaban J connectivity index is 2.32. The number of rotatable bonds is 4. The van der Waals surface area contributed by atoms with Crippen molar-refractivity contribution >= 4 is 17.7 Å². The average molecular weight is 228 g/mol. The molecule has 0 radical (unpaired) electrons. The Morgan fingerprint density at radius 3 is 2.87 bits per heavy atom. The molecule has 0 atom stereocenters. The lowest BCUT2D eigenvalue weighted by Gasteiger charge is -2.06. The minimum atomic E-state index is -0.385. The first-order valence-corrected chi connectivity index (χ1v) is 5.26. The zero-order valence-corrected chi connectivity index (χ0v) is 9.38. The highest BCUT2D eigenvalue weighted by atomic mass is 35.5. The summed E-state index contributed by atoms with van der Waals surface area (Å²) in [6.45, 7) is 2.69. The number of hydrogen-bond acceptors (Lipinski definition) is 2. The number of carbonyl (C=O) groups is 1. The summed E-state index contributed by atoms with van der Waals surface area (Å²) in [5, 5.41) is 3.36. The van der Waals surface area contributed by atoms with Gasteiger partial charge in [-0.15, -0.1) is 0 Å². The Labute approximate surface area is 94.4 Å². The monoisotopic (exact) mass is 227 g/mol. The first-order chi connectivity index (χ1) is 7.24. The van der Waals surface area contributed by atoms with Crippen LogP contribution in [-0.2, 0) is 11.2 Å². The largest absolute Gasteiger partial charge is 0.450 e. The van der Waals surface area contributed by atoms with Gasteiger partial charge in [0.15, 0.2) is 0 Å². The summed E-state index contributed by atoms with van der Waals surface area (Å²) in [6, 6.07) is 7.58. The van der Waals surface area contributed by atoms with Crippen LogP contribution in [0.4, 0.5) is 4.79 Å². The van der Waals surface area contributed by atoms with Gasteiger partial charge < -0.3 is 10.1 Å². The summed E-state index contributed by atoms with van der Waals surface area (Å²) in [7, 11) is 0. The molecule has 0 aliphatic heterocycles. The number of nitrogens with one attached hydrogen (secondary N) is 1. The molecule has 0 saturated carbocycles. The van der Waals surface area contributed by atoms with Crippen LogP contribution in [0.3, 0.4) is 0 Å². The van der Waals surface area contributed by atoms with Crippen LogP contribution in [0.15, 0.2) is 24.3 Å². The summed E-state index contributed by atoms with van der Waals surface area (Å²) in [4.78, 5) is 11.0. The van der Waals surface area contributed by atoms with Crippen LogP contribution in [0.1, 0.15) is 12.5 Å². The minimum Gasteiger partial charge on any atom is -0.450 e. The number of benzene rings is 1. The molecular weight excluding hydrogens is 214 g/mol.